The van der Waals surface area contributed by atoms with E-state index in [0.29, 0.717) is 23.4 Å². The smallest absolute Gasteiger partial charge is 0.255 e. The van der Waals surface area contributed by atoms with Crippen LogP contribution in [0, 0.1) is 0 Å². The standard InChI is InChI=1S/C29H32N2O3/c1-30-23-15-16-24(30)20-27(19-23)34-29(22-9-5-3-6-10-22)31(2)28(32)21-13-17-26(18-14-21)33-25-11-7-4-8-12-25/h3-14,17-18,23-24,27,29H,15-16,19-20H2,1-2H3/t23-,24+,27?,29?. The molecule has 0 radical (unpaired) electrons. The molecule has 176 valence electrons. The van der Waals surface area contributed by atoms with E-state index in [9.17, 15) is 4.79 Å². The molecule has 2 heterocycles. The fraction of sp³-hybridized carbons (Fsp3) is 0.345. The molecule has 2 bridgehead atoms. The van der Waals surface area contributed by atoms with Gasteiger partial charge in [0.05, 0.1) is 6.10 Å². The summed E-state index contributed by atoms with van der Waals surface area (Å²) in [5, 5.41) is 0. The van der Waals surface area contributed by atoms with Gasteiger partial charge in [-0.3, -0.25) is 4.79 Å². The van der Waals surface area contributed by atoms with Crippen molar-refractivity contribution in [3.8, 4) is 11.5 Å². The van der Waals surface area contributed by atoms with Gasteiger partial charge in [0, 0.05) is 30.3 Å². The Labute approximate surface area is 201 Å². The first-order valence-corrected chi connectivity index (χ1v) is 12.1. The third-order valence-electron chi connectivity index (χ3n) is 7.21. The monoisotopic (exact) mass is 456 g/mol. The van der Waals surface area contributed by atoms with Crippen molar-refractivity contribution in [2.24, 2.45) is 0 Å². The largest absolute Gasteiger partial charge is 0.457 e. The van der Waals surface area contributed by atoms with Gasteiger partial charge in [0.15, 0.2) is 6.23 Å². The topological polar surface area (TPSA) is 42.0 Å². The van der Waals surface area contributed by atoms with Gasteiger partial charge in [-0.25, -0.2) is 0 Å². The molecule has 34 heavy (non-hydrogen) atoms. The van der Waals surface area contributed by atoms with Crippen LogP contribution in [0.25, 0.3) is 0 Å². The Balaban J connectivity index is 1.31. The third-order valence-corrected chi connectivity index (χ3v) is 7.21. The quantitative estimate of drug-likeness (QED) is 0.416. The van der Waals surface area contributed by atoms with Gasteiger partial charge >= 0.3 is 0 Å². The van der Waals surface area contributed by atoms with Crippen molar-refractivity contribution in [3.63, 3.8) is 0 Å². The van der Waals surface area contributed by atoms with Gasteiger partial charge in [0.25, 0.3) is 5.91 Å². The molecule has 2 aliphatic heterocycles. The Hall–Kier alpha value is -3.15. The van der Waals surface area contributed by atoms with Gasteiger partial charge in [-0.15, -0.1) is 0 Å². The normalized spacial score (nSPS) is 22.8. The SMILES string of the molecule is CN(C(=O)c1ccc(Oc2ccccc2)cc1)C(OC1C[C@H]2CC[C@@H](C1)N2C)c1ccccc1. The van der Waals surface area contributed by atoms with E-state index in [4.69, 9.17) is 9.47 Å². The van der Waals surface area contributed by atoms with Crippen LogP contribution in [-0.2, 0) is 4.74 Å². The Morgan fingerprint density at radius 2 is 1.41 bits per heavy atom. The Morgan fingerprint density at radius 1 is 0.853 bits per heavy atom. The van der Waals surface area contributed by atoms with Gasteiger partial charge in [-0.05, 0) is 69.1 Å². The number of hydrogen-bond acceptors (Lipinski definition) is 4. The van der Waals surface area contributed by atoms with Crippen molar-refractivity contribution in [2.45, 2.75) is 50.1 Å². The summed E-state index contributed by atoms with van der Waals surface area (Å²) >= 11 is 0. The van der Waals surface area contributed by atoms with Gasteiger partial charge in [0.1, 0.15) is 11.5 Å². The number of carbonyl (C=O) groups is 1. The summed E-state index contributed by atoms with van der Waals surface area (Å²) in [5.41, 5.74) is 1.60. The summed E-state index contributed by atoms with van der Waals surface area (Å²) < 4.78 is 12.5. The highest BCUT2D eigenvalue weighted by Gasteiger charge is 2.40. The number of carbonyl (C=O) groups excluding carboxylic acids is 1. The molecule has 0 N–H and O–H groups in total. The molecule has 1 amide bonds. The lowest BCUT2D eigenvalue weighted by atomic mass is 10.00. The van der Waals surface area contributed by atoms with Gasteiger partial charge in [-0.1, -0.05) is 48.5 Å². The maximum atomic E-state index is 13.5. The summed E-state index contributed by atoms with van der Waals surface area (Å²) in [6, 6.07) is 28.1. The lowest BCUT2D eigenvalue weighted by Crippen LogP contribution is -2.44. The molecule has 3 aromatic rings. The first kappa shape index (κ1) is 22.6. The van der Waals surface area contributed by atoms with Crippen LogP contribution in [0.2, 0.25) is 0 Å². The number of hydrogen-bond donors (Lipinski definition) is 0. The van der Waals surface area contributed by atoms with Gasteiger partial charge in [-0.2, -0.15) is 0 Å². The predicted molar refractivity (Wildman–Crippen MR) is 133 cm³/mol. The van der Waals surface area contributed by atoms with Crippen LogP contribution in [0.3, 0.4) is 0 Å². The van der Waals surface area contributed by atoms with E-state index in [1.807, 2.05) is 92.0 Å². The molecule has 0 saturated carbocycles. The van der Waals surface area contributed by atoms with E-state index in [2.05, 4.69) is 11.9 Å². The van der Waals surface area contributed by atoms with E-state index < -0.39 is 6.23 Å². The molecule has 5 rings (SSSR count). The van der Waals surface area contributed by atoms with Crippen molar-refractivity contribution in [1.82, 2.24) is 9.80 Å². The van der Waals surface area contributed by atoms with E-state index >= 15 is 0 Å². The zero-order chi connectivity index (χ0) is 23.5. The molecular weight excluding hydrogens is 424 g/mol. The Bertz CT molecular complexity index is 1070. The molecule has 3 aromatic carbocycles. The number of benzene rings is 3. The molecule has 4 atom stereocenters. The molecular formula is C29H32N2O3. The second-order valence-electron chi connectivity index (χ2n) is 9.40. The number of nitrogens with zero attached hydrogens (tertiary/aromatic N) is 2. The molecule has 2 fully saturated rings. The lowest BCUT2D eigenvalue weighted by Gasteiger charge is -2.39. The van der Waals surface area contributed by atoms with E-state index in [1.165, 1.54) is 12.8 Å². The molecule has 5 heteroatoms. The third kappa shape index (κ3) is 4.86. The molecule has 0 aliphatic carbocycles. The second-order valence-corrected chi connectivity index (χ2v) is 9.40. The Morgan fingerprint density at radius 3 is 2.03 bits per heavy atom. The van der Waals surface area contributed by atoms with Crippen LogP contribution in [0.5, 0.6) is 11.5 Å². The maximum absolute atomic E-state index is 13.5. The van der Waals surface area contributed by atoms with Gasteiger partial charge < -0.3 is 19.3 Å². The second kappa shape index (κ2) is 10.00. The van der Waals surface area contributed by atoms with Crippen molar-refractivity contribution in [1.29, 1.82) is 0 Å². The van der Waals surface area contributed by atoms with Crippen LogP contribution in [0.4, 0.5) is 0 Å². The van der Waals surface area contributed by atoms with Gasteiger partial charge in [0.2, 0.25) is 0 Å². The Kier molecular flexibility index (Phi) is 6.66. The highest BCUT2D eigenvalue weighted by Crippen LogP contribution is 2.38. The number of fused-ring (bicyclic) bond motifs is 2. The minimum Gasteiger partial charge on any atom is -0.457 e. The lowest BCUT2D eigenvalue weighted by molar-refractivity contribution is -0.106. The fourth-order valence-corrected chi connectivity index (χ4v) is 5.27. The van der Waals surface area contributed by atoms with E-state index in [1.54, 1.807) is 4.90 Å². The average molecular weight is 457 g/mol. The van der Waals surface area contributed by atoms with Crippen molar-refractivity contribution >= 4 is 5.91 Å². The molecule has 2 unspecified atom stereocenters. The van der Waals surface area contributed by atoms with Crippen molar-refractivity contribution in [2.75, 3.05) is 14.1 Å². The highest BCUT2D eigenvalue weighted by atomic mass is 16.5. The first-order chi connectivity index (χ1) is 16.6. The predicted octanol–water partition coefficient (Wildman–Crippen LogP) is 5.89. The van der Waals surface area contributed by atoms with Crippen LogP contribution in [0.1, 0.15) is 47.8 Å². The number of amides is 1. The fourth-order valence-electron chi connectivity index (χ4n) is 5.27. The minimum absolute atomic E-state index is 0.0731. The van der Waals surface area contributed by atoms with E-state index in [0.717, 1.165) is 24.2 Å². The summed E-state index contributed by atoms with van der Waals surface area (Å²) in [5.74, 6) is 1.39. The summed E-state index contributed by atoms with van der Waals surface area (Å²) in [6.45, 7) is 0. The molecule has 2 aliphatic rings. The number of para-hydroxylation sites is 1. The minimum atomic E-state index is -0.429. The highest BCUT2D eigenvalue weighted by molar-refractivity contribution is 5.94. The van der Waals surface area contributed by atoms with E-state index in [-0.39, 0.29) is 12.0 Å². The summed E-state index contributed by atoms with van der Waals surface area (Å²) in [7, 11) is 4.06. The first-order valence-electron chi connectivity index (χ1n) is 12.1. The average Bonchev–Trinajstić information content (AvgIpc) is 3.08. The summed E-state index contributed by atoms with van der Waals surface area (Å²) in [6.07, 6.45) is 4.23. The number of ether oxygens (including phenoxy) is 2. The molecule has 0 spiro atoms. The summed E-state index contributed by atoms with van der Waals surface area (Å²) in [4.78, 5) is 17.7. The number of rotatable bonds is 7. The zero-order valence-corrected chi connectivity index (χ0v) is 19.8. The molecule has 5 nitrogen and oxygen atoms in total. The van der Waals surface area contributed by atoms with Crippen molar-refractivity contribution in [3.05, 3.63) is 96.1 Å². The van der Waals surface area contributed by atoms with Crippen LogP contribution < -0.4 is 4.74 Å². The molecule has 0 aromatic heterocycles. The van der Waals surface area contributed by atoms with Crippen molar-refractivity contribution < 1.29 is 14.3 Å². The number of piperidine rings is 1. The zero-order valence-electron chi connectivity index (χ0n) is 19.8. The van der Waals surface area contributed by atoms with Crippen LogP contribution >= 0.6 is 0 Å². The van der Waals surface area contributed by atoms with Crippen LogP contribution in [-0.4, -0.2) is 48.0 Å². The van der Waals surface area contributed by atoms with Crippen LogP contribution in [0.15, 0.2) is 84.9 Å². The molecule has 2 saturated heterocycles. The maximum Gasteiger partial charge on any atom is 0.255 e.